The van der Waals surface area contributed by atoms with Crippen LogP contribution >= 0.6 is 23.4 Å². The number of imide groups is 1. The highest BCUT2D eigenvalue weighted by Gasteiger charge is 2.36. The number of carbonyl (C=O) groups is 4. The van der Waals surface area contributed by atoms with Crippen LogP contribution in [0.15, 0.2) is 41.3 Å². The minimum atomic E-state index is -0.662. The molecule has 0 bridgehead atoms. The molecule has 0 unspecified atom stereocenters. The summed E-state index contributed by atoms with van der Waals surface area (Å²) in [6.45, 7) is 4.45. The average Bonchev–Trinajstić information content (AvgIpc) is 3.13. The van der Waals surface area contributed by atoms with Gasteiger partial charge in [-0.25, -0.2) is 4.79 Å². The SMILES string of the molecule is CCCCOc1ccc(/C=C2\SC(=O)N(CC(=O)Nc3ccc(Cl)c(C(=O)OC)c3)C2=O)cc1OCC. The predicted octanol–water partition coefficient (Wildman–Crippen LogP) is 5.38. The summed E-state index contributed by atoms with van der Waals surface area (Å²) in [7, 11) is 1.21. The van der Waals surface area contributed by atoms with Gasteiger partial charge in [-0.05, 0) is 67.1 Å². The Morgan fingerprint density at radius 2 is 1.86 bits per heavy atom. The lowest BCUT2D eigenvalue weighted by Gasteiger charge is -2.13. The highest BCUT2D eigenvalue weighted by molar-refractivity contribution is 8.18. The van der Waals surface area contributed by atoms with Gasteiger partial charge in [0.15, 0.2) is 11.5 Å². The first-order chi connectivity index (χ1) is 17.8. The molecule has 11 heteroatoms. The quantitative estimate of drug-likeness (QED) is 0.227. The van der Waals surface area contributed by atoms with Crippen molar-refractivity contribution in [3.63, 3.8) is 0 Å². The summed E-state index contributed by atoms with van der Waals surface area (Å²) < 4.78 is 16.1. The van der Waals surface area contributed by atoms with E-state index in [2.05, 4.69) is 17.0 Å². The number of amides is 3. The highest BCUT2D eigenvalue weighted by atomic mass is 35.5. The molecular weight excluding hydrogens is 520 g/mol. The second-order valence-electron chi connectivity index (χ2n) is 7.84. The Bertz CT molecular complexity index is 1230. The largest absolute Gasteiger partial charge is 0.490 e. The molecular formula is C26H27ClN2O7S. The lowest BCUT2D eigenvalue weighted by molar-refractivity contribution is -0.127. The molecule has 1 aliphatic heterocycles. The molecule has 0 aliphatic carbocycles. The first kappa shape index (κ1) is 28.1. The number of nitrogens with one attached hydrogen (secondary N) is 1. The molecule has 1 fully saturated rings. The zero-order valence-electron chi connectivity index (χ0n) is 20.7. The monoisotopic (exact) mass is 546 g/mol. The number of nitrogens with zero attached hydrogens (tertiary/aromatic N) is 1. The smallest absolute Gasteiger partial charge is 0.339 e. The fraction of sp³-hybridized carbons (Fsp3) is 0.308. The molecule has 196 valence electrons. The summed E-state index contributed by atoms with van der Waals surface area (Å²) in [5, 5.41) is 2.15. The zero-order valence-corrected chi connectivity index (χ0v) is 22.2. The van der Waals surface area contributed by atoms with E-state index in [0.29, 0.717) is 30.3 Å². The molecule has 0 saturated carbocycles. The van der Waals surface area contributed by atoms with Crippen LogP contribution in [0.3, 0.4) is 0 Å². The van der Waals surface area contributed by atoms with E-state index in [-0.39, 0.29) is 21.2 Å². The third-order valence-electron chi connectivity index (χ3n) is 5.15. The fourth-order valence-corrected chi connectivity index (χ4v) is 4.36. The predicted molar refractivity (Wildman–Crippen MR) is 142 cm³/mol. The summed E-state index contributed by atoms with van der Waals surface area (Å²) in [5.74, 6) is -0.716. The summed E-state index contributed by atoms with van der Waals surface area (Å²) in [6, 6.07) is 9.55. The van der Waals surface area contributed by atoms with Gasteiger partial charge in [0.05, 0.1) is 35.8 Å². The van der Waals surface area contributed by atoms with Crippen molar-refractivity contribution in [2.75, 3.05) is 32.2 Å². The second-order valence-corrected chi connectivity index (χ2v) is 9.24. The van der Waals surface area contributed by atoms with E-state index < -0.39 is 29.6 Å². The number of esters is 1. The van der Waals surface area contributed by atoms with Crippen LogP contribution in [0.5, 0.6) is 11.5 Å². The van der Waals surface area contributed by atoms with Crippen molar-refractivity contribution < 1.29 is 33.4 Å². The Balaban J connectivity index is 1.70. The Kier molecular flexibility index (Phi) is 9.99. The normalized spacial score (nSPS) is 14.2. The number of thioether (sulfide) groups is 1. The topological polar surface area (TPSA) is 111 Å². The van der Waals surface area contributed by atoms with Crippen molar-refractivity contribution in [3.8, 4) is 11.5 Å². The van der Waals surface area contributed by atoms with Crippen molar-refractivity contribution in [1.82, 2.24) is 4.90 Å². The van der Waals surface area contributed by atoms with Gasteiger partial charge < -0.3 is 19.5 Å². The van der Waals surface area contributed by atoms with Gasteiger partial charge in [0, 0.05) is 5.69 Å². The van der Waals surface area contributed by atoms with Crippen LogP contribution in [0.25, 0.3) is 6.08 Å². The summed E-state index contributed by atoms with van der Waals surface area (Å²) in [4.78, 5) is 50.8. The number of ether oxygens (including phenoxy) is 3. The van der Waals surface area contributed by atoms with E-state index in [1.807, 2.05) is 6.92 Å². The number of hydrogen-bond donors (Lipinski definition) is 1. The maximum Gasteiger partial charge on any atom is 0.339 e. The van der Waals surface area contributed by atoms with Crippen LogP contribution in [0.1, 0.15) is 42.6 Å². The Hall–Kier alpha value is -3.50. The molecule has 37 heavy (non-hydrogen) atoms. The molecule has 0 atom stereocenters. The van der Waals surface area contributed by atoms with Crippen molar-refractivity contribution in [1.29, 1.82) is 0 Å². The number of halogens is 1. The van der Waals surface area contributed by atoms with Gasteiger partial charge in [-0.1, -0.05) is 31.0 Å². The molecule has 1 N–H and O–H groups in total. The molecule has 1 saturated heterocycles. The Morgan fingerprint density at radius 3 is 2.57 bits per heavy atom. The molecule has 2 aromatic carbocycles. The molecule has 1 aliphatic rings. The van der Waals surface area contributed by atoms with E-state index in [4.69, 9.17) is 21.1 Å². The molecule has 0 spiro atoms. The summed E-state index contributed by atoms with van der Waals surface area (Å²) >= 11 is 6.74. The van der Waals surface area contributed by atoms with Crippen molar-refractivity contribution >= 4 is 58.1 Å². The van der Waals surface area contributed by atoms with Gasteiger partial charge >= 0.3 is 5.97 Å². The van der Waals surface area contributed by atoms with Crippen molar-refractivity contribution in [3.05, 3.63) is 57.5 Å². The number of methoxy groups -OCH3 is 1. The molecule has 1 heterocycles. The van der Waals surface area contributed by atoms with Crippen LogP contribution < -0.4 is 14.8 Å². The van der Waals surface area contributed by atoms with E-state index in [9.17, 15) is 19.2 Å². The number of rotatable bonds is 11. The molecule has 0 radical (unpaired) electrons. The molecule has 0 aromatic heterocycles. The third kappa shape index (κ3) is 7.27. The number of unbranched alkanes of at least 4 members (excludes halogenated alkanes) is 1. The first-order valence-corrected chi connectivity index (χ1v) is 12.8. The fourth-order valence-electron chi connectivity index (χ4n) is 3.33. The summed E-state index contributed by atoms with van der Waals surface area (Å²) in [5.41, 5.74) is 0.990. The van der Waals surface area contributed by atoms with Gasteiger partial charge in [0.1, 0.15) is 6.54 Å². The zero-order chi connectivity index (χ0) is 26.9. The number of carbonyl (C=O) groups excluding carboxylic acids is 4. The van der Waals surface area contributed by atoms with E-state index in [1.165, 1.54) is 25.3 Å². The van der Waals surface area contributed by atoms with Gasteiger partial charge in [-0.3, -0.25) is 19.3 Å². The molecule has 9 nitrogen and oxygen atoms in total. The van der Waals surface area contributed by atoms with E-state index in [1.54, 1.807) is 24.3 Å². The van der Waals surface area contributed by atoms with Gasteiger partial charge in [-0.15, -0.1) is 0 Å². The van der Waals surface area contributed by atoms with Gasteiger partial charge in [0.2, 0.25) is 5.91 Å². The lowest BCUT2D eigenvalue weighted by atomic mass is 10.2. The van der Waals surface area contributed by atoms with E-state index >= 15 is 0 Å². The van der Waals surface area contributed by atoms with Gasteiger partial charge in [0.25, 0.3) is 11.1 Å². The second kappa shape index (κ2) is 13.2. The standard InChI is InChI=1S/C26H27ClN2O7S/c1-4-6-11-36-20-10-7-16(12-21(20)35-5-2)13-22-24(31)29(26(33)37-22)15-23(30)28-17-8-9-19(27)18(14-17)25(32)34-3/h7-10,12-14H,4-6,11,15H2,1-3H3,(H,28,30)/b22-13-. The van der Waals surface area contributed by atoms with Crippen molar-refractivity contribution in [2.24, 2.45) is 0 Å². The Morgan fingerprint density at radius 1 is 1.08 bits per heavy atom. The molecule has 3 amide bonds. The van der Waals surface area contributed by atoms with Gasteiger partial charge in [-0.2, -0.15) is 0 Å². The van der Waals surface area contributed by atoms with Crippen LogP contribution in [-0.2, 0) is 14.3 Å². The number of anilines is 1. The van der Waals surface area contributed by atoms with Crippen LogP contribution in [0.2, 0.25) is 5.02 Å². The first-order valence-electron chi connectivity index (χ1n) is 11.6. The maximum atomic E-state index is 12.9. The van der Waals surface area contributed by atoms with E-state index in [0.717, 1.165) is 29.5 Å². The van der Waals surface area contributed by atoms with Crippen LogP contribution in [0.4, 0.5) is 10.5 Å². The number of hydrogen-bond acceptors (Lipinski definition) is 8. The molecule has 3 rings (SSSR count). The lowest BCUT2D eigenvalue weighted by Crippen LogP contribution is -2.36. The summed E-state index contributed by atoms with van der Waals surface area (Å²) in [6.07, 6.45) is 3.49. The van der Waals surface area contributed by atoms with Crippen molar-refractivity contribution in [2.45, 2.75) is 26.7 Å². The Labute approximate surface area is 224 Å². The highest BCUT2D eigenvalue weighted by Crippen LogP contribution is 2.35. The van der Waals surface area contributed by atoms with Crippen LogP contribution in [0, 0.1) is 0 Å². The minimum absolute atomic E-state index is 0.0734. The van der Waals surface area contributed by atoms with Crippen LogP contribution in [-0.4, -0.2) is 54.8 Å². The average molecular weight is 547 g/mol. The third-order valence-corrected chi connectivity index (χ3v) is 6.39. The molecule has 2 aromatic rings. The maximum absolute atomic E-state index is 12.9. The number of benzene rings is 2. The minimum Gasteiger partial charge on any atom is -0.490 e.